The first-order chi connectivity index (χ1) is 3.70. The monoisotopic (exact) mass is 115 g/mol. The van der Waals surface area contributed by atoms with E-state index >= 15 is 0 Å². The van der Waals surface area contributed by atoms with Crippen molar-refractivity contribution in [1.82, 2.24) is 5.06 Å². The van der Waals surface area contributed by atoms with Crippen LogP contribution >= 0.6 is 0 Å². The van der Waals surface area contributed by atoms with Crippen molar-refractivity contribution in [2.24, 2.45) is 10.7 Å². The van der Waals surface area contributed by atoms with E-state index in [1.165, 1.54) is 5.06 Å². The van der Waals surface area contributed by atoms with Gasteiger partial charge in [0.1, 0.15) is 0 Å². The van der Waals surface area contributed by atoms with Gasteiger partial charge >= 0.3 is 0 Å². The lowest BCUT2D eigenvalue weighted by Crippen LogP contribution is -2.28. The molecular weight excluding hydrogens is 106 g/mol. The maximum absolute atomic E-state index is 5.32. The molecule has 0 aromatic carbocycles. The second-order valence-electron chi connectivity index (χ2n) is 1.69. The molecule has 1 aliphatic heterocycles. The molecule has 2 N–H and O–H groups in total. The third-order valence-electron chi connectivity index (χ3n) is 0.947. The lowest BCUT2D eigenvalue weighted by Gasteiger charge is -2.07. The molecule has 0 amide bonds. The quantitative estimate of drug-likeness (QED) is 0.464. The first-order valence-electron chi connectivity index (χ1n) is 2.44. The molecule has 0 aromatic rings. The van der Waals surface area contributed by atoms with Crippen LogP contribution < -0.4 is 5.73 Å². The Kier molecular flexibility index (Phi) is 1.09. The Balaban J connectivity index is 2.59. The topological polar surface area (TPSA) is 50.8 Å². The van der Waals surface area contributed by atoms with Crippen molar-refractivity contribution in [3.63, 3.8) is 0 Å². The van der Waals surface area contributed by atoms with Gasteiger partial charge < -0.3 is 5.73 Å². The highest BCUT2D eigenvalue weighted by atomic mass is 16.7. The molecule has 0 aliphatic carbocycles. The van der Waals surface area contributed by atoms with E-state index in [1.807, 2.05) is 6.92 Å². The van der Waals surface area contributed by atoms with E-state index in [9.17, 15) is 0 Å². The summed E-state index contributed by atoms with van der Waals surface area (Å²) in [6.45, 7) is 1.83. The van der Waals surface area contributed by atoms with Gasteiger partial charge in [-0.2, -0.15) is 0 Å². The minimum atomic E-state index is -0.111. The predicted octanol–water partition coefficient (Wildman–Crippen LogP) is -0.476. The van der Waals surface area contributed by atoms with Crippen molar-refractivity contribution in [1.29, 1.82) is 0 Å². The molecular formula is C4H9N3O. The Morgan fingerprint density at radius 3 is 2.62 bits per heavy atom. The summed E-state index contributed by atoms with van der Waals surface area (Å²) in [5, 5.41) is 1.45. The van der Waals surface area contributed by atoms with E-state index in [0.717, 1.165) is 0 Å². The fourth-order valence-electron chi connectivity index (χ4n) is 0.574. The van der Waals surface area contributed by atoms with Gasteiger partial charge in [0.15, 0.2) is 6.23 Å². The molecule has 46 valence electrons. The molecule has 0 saturated carbocycles. The van der Waals surface area contributed by atoms with Crippen LogP contribution in [0.1, 0.15) is 6.92 Å². The molecule has 0 saturated heterocycles. The van der Waals surface area contributed by atoms with Crippen molar-refractivity contribution in [3.05, 3.63) is 0 Å². The van der Waals surface area contributed by atoms with Crippen LogP contribution in [0.4, 0.5) is 0 Å². The highest BCUT2D eigenvalue weighted by Gasteiger charge is 2.15. The fraction of sp³-hybridized carbons (Fsp3) is 0.750. The zero-order valence-electron chi connectivity index (χ0n) is 4.96. The van der Waals surface area contributed by atoms with Gasteiger partial charge in [-0.15, -0.1) is 0 Å². The normalized spacial score (nSPS) is 28.5. The van der Waals surface area contributed by atoms with Crippen LogP contribution in [0.2, 0.25) is 0 Å². The molecule has 0 bridgehead atoms. The van der Waals surface area contributed by atoms with Crippen LogP contribution in [-0.2, 0) is 4.84 Å². The summed E-state index contributed by atoms with van der Waals surface area (Å²) >= 11 is 0. The summed E-state index contributed by atoms with van der Waals surface area (Å²) < 4.78 is 0. The van der Waals surface area contributed by atoms with Crippen LogP contribution in [0.25, 0.3) is 0 Å². The van der Waals surface area contributed by atoms with Crippen molar-refractivity contribution in [2.75, 3.05) is 7.05 Å². The van der Waals surface area contributed by atoms with Crippen molar-refractivity contribution < 1.29 is 4.84 Å². The van der Waals surface area contributed by atoms with E-state index in [4.69, 9.17) is 10.6 Å². The van der Waals surface area contributed by atoms with Crippen LogP contribution in [0.3, 0.4) is 0 Å². The lowest BCUT2D eigenvalue weighted by atomic mass is 10.7. The van der Waals surface area contributed by atoms with E-state index in [2.05, 4.69) is 4.99 Å². The minimum Gasteiger partial charge on any atom is -0.368 e. The smallest absolute Gasteiger partial charge is 0.218 e. The molecule has 0 radical (unpaired) electrons. The molecule has 0 fully saturated rings. The highest BCUT2D eigenvalue weighted by molar-refractivity contribution is 5.77. The van der Waals surface area contributed by atoms with Gasteiger partial charge in [0, 0.05) is 7.05 Å². The van der Waals surface area contributed by atoms with Crippen molar-refractivity contribution in [3.8, 4) is 0 Å². The predicted molar refractivity (Wildman–Crippen MR) is 29.9 cm³/mol. The fourth-order valence-corrected chi connectivity index (χ4v) is 0.574. The van der Waals surface area contributed by atoms with Crippen molar-refractivity contribution in [2.45, 2.75) is 13.2 Å². The average molecular weight is 115 g/mol. The molecule has 4 nitrogen and oxygen atoms in total. The number of nitrogens with zero attached hydrogens (tertiary/aromatic N) is 2. The molecule has 8 heavy (non-hydrogen) atoms. The zero-order valence-corrected chi connectivity index (χ0v) is 4.96. The van der Waals surface area contributed by atoms with Gasteiger partial charge in [-0.25, -0.2) is 14.9 Å². The maximum Gasteiger partial charge on any atom is 0.218 e. The summed E-state index contributed by atoms with van der Waals surface area (Å²) in [6.07, 6.45) is -0.111. The van der Waals surface area contributed by atoms with Gasteiger partial charge in [0.25, 0.3) is 0 Å². The Morgan fingerprint density at radius 1 is 1.88 bits per heavy atom. The molecule has 1 rings (SSSR count). The Bertz CT molecular complexity index is 122. The van der Waals surface area contributed by atoms with Gasteiger partial charge in [-0.05, 0) is 6.92 Å². The van der Waals surface area contributed by atoms with E-state index in [-0.39, 0.29) is 6.23 Å². The van der Waals surface area contributed by atoms with Crippen LogP contribution in [0.15, 0.2) is 4.99 Å². The number of hydroxylamine groups is 2. The largest absolute Gasteiger partial charge is 0.368 e. The van der Waals surface area contributed by atoms with Gasteiger partial charge in [-0.3, -0.25) is 0 Å². The SMILES string of the molecule is CC1N=C(N)N(C)O1. The second kappa shape index (κ2) is 1.63. The number of hydrogen-bond acceptors (Lipinski definition) is 4. The number of rotatable bonds is 0. The third kappa shape index (κ3) is 0.742. The minimum absolute atomic E-state index is 0.111. The van der Waals surface area contributed by atoms with Crippen LogP contribution in [0, 0.1) is 0 Å². The molecule has 1 unspecified atom stereocenters. The first-order valence-corrected chi connectivity index (χ1v) is 2.44. The summed E-state index contributed by atoms with van der Waals surface area (Å²) in [4.78, 5) is 8.85. The molecule has 4 heteroatoms. The number of nitrogens with two attached hydrogens (primary N) is 1. The van der Waals surface area contributed by atoms with E-state index in [0.29, 0.717) is 5.96 Å². The van der Waals surface area contributed by atoms with E-state index in [1.54, 1.807) is 7.05 Å². The summed E-state index contributed by atoms with van der Waals surface area (Å²) in [5.74, 6) is 0.442. The standard InChI is InChI=1S/C4H9N3O/c1-3-6-4(5)7(2)8-3/h3H,1-2H3,(H2,5,6). The average Bonchev–Trinajstić information content (AvgIpc) is 1.85. The van der Waals surface area contributed by atoms with Crippen LogP contribution in [0.5, 0.6) is 0 Å². The highest BCUT2D eigenvalue weighted by Crippen LogP contribution is 2.03. The molecule has 1 aliphatic rings. The maximum atomic E-state index is 5.32. The summed E-state index contributed by atoms with van der Waals surface area (Å²) in [6, 6.07) is 0. The summed E-state index contributed by atoms with van der Waals surface area (Å²) in [7, 11) is 1.72. The van der Waals surface area contributed by atoms with Gasteiger partial charge in [-0.1, -0.05) is 0 Å². The summed E-state index contributed by atoms with van der Waals surface area (Å²) in [5.41, 5.74) is 5.32. The Morgan fingerprint density at radius 2 is 2.50 bits per heavy atom. The molecule has 0 spiro atoms. The van der Waals surface area contributed by atoms with E-state index < -0.39 is 0 Å². The first kappa shape index (κ1) is 5.37. The second-order valence-corrected chi connectivity index (χ2v) is 1.69. The lowest BCUT2D eigenvalue weighted by molar-refractivity contribution is -0.0969. The number of guanidine groups is 1. The Labute approximate surface area is 47.9 Å². The zero-order chi connectivity index (χ0) is 6.15. The number of aliphatic imine (C=N–C) groups is 1. The van der Waals surface area contributed by atoms with Crippen molar-refractivity contribution >= 4 is 5.96 Å². The molecule has 0 aromatic heterocycles. The third-order valence-corrected chi connectivity index (χ3v) is 0.947. The van der Waals surface area contributed by atoms with Crippen LogP contribution in [-0.4, -0.2) is 24.3 Å². The van der Waals surface area contributed by atoms with Gasteiger partial charge in [0.2, 0.25) is 5.96 Å². The molecule has 1 atom stereocenters. The number of hydrogen-bond donors (Lipinski definition) is 1. The molecule has 1 heterocycles. The Hall–Kier alpha value is -0.770. The van der Waals surface area contributed by atoms with Gasteiger partial charge in [0.05, 0.1) is 0 Å².